The van der Waals surface area contributed by atoms with Crippen molar-refractivity contribution in [3.63, 3.8) is 0 Å². The minimum Gasteiger partial charge on any atom is -0.395 e. The minimum absolute atomic E-state index is 0.161. The van der Waals surface area contributed by atoms with Crippen LogP contribution in [0.2, 0.25) is 0 Å². The summed E-state index contributed by atoms with van der Waals surface area (Å²) in [7, 11) is 0. The molecule has 2 aromatic carbocycles. The molecule has 1 aliphatic rings. The van der Waals surface area contributed by atoms with Crippen molar-refractivity contribution in [2.24, 2.45) is 0 Å². The molecule has 174 valence electrons. The molecule has 1 saturated heterocycles. The molecule has 0 bridgehead atoms. The number of hydrogen-bond acceptors (Lipinski definition) is 6. The Morgan fingerprint density at radius 3 is 2.24 bits per heavy atom. The van der Waals surface area contributed by atoms with Crippen LogP contribution in [0.25, 0.3) is 0 Å². The first-order chi connectivity index (χ1) is 16.8. The molecule has 0 radical (unpaired) electrons. The second kappa shape index (κ2) is 9.83. The molecule has 7 nitrogen and oxygen atoms in total. The number of nitrogens with one attached hydrogen (secondary N) is 1. The van der Waals surface area contributed by atoms with Gasteiger partial charge < -0.3 is 10.0 Å². The van der Waals surface area contributed by atoms with Gasteiger partial charge in [0.25, 0.3) is 0 Å². The SMILES string of the molecule is OCC1(c2ccccc2)CCN(CCC(c2ccccc2)(c2cccnc2)c2nn[nH]n2)CC1. The summed E-state index contributed by atoms with van der Waals surface area (Å²) in [6.45, 7) is 2.91. The highest BCUT2D eigenvalue weighted by Gasteiger charge is 2.42. The van der Waals surface area contributed by atoms with Gasteiger partial charge in [-0.15, -0.1) is 10.2 Å². The first-order valence-electron chi connectivity index (χ1n) is 11.9. The second-order valence-corrected chi connectivity index (χ2v) is 9.14. The van der Waals surface area contributed by atoms with E-state index in [1.807, 2.05) is 24.4 Å². The number of tetrazole rings is 1. The van der Waals surface area contributed by atoms with Crippen LogP contribution >= 0.6 is 0 Å². The molecule has 1 atom stereocenters. The summed E-state index contributed by atoms with van der Waals surface area (Å²) in [4.78, 5) is 6.91. The monoisotopic (exact) mass is 454 g/mol. The molecule has 0 amide bonds. The zero-order chi connectivity index (χ0) is 23.3. The van der Waals surface area contributed by atoms with Crippen LogP contribution in [0.5, 0.6) is 0 Å². The summed E-state index contributed by atoms with van der Waals surface area (Å²) in [5, 5.41) is 25.8. The van der Waals surface area contributed by atoms with Crippen molar-refractivity contribution in [1.82, 2.24) is 30.5 Å². The van der Waals surface area contributed by atoms with Crippen molar-refractivity contribution in [2.45, 2.75) is 30.1 Å². The van der Waals surface area contributed by atoms with E-state index in [-0.39, 0.29) is 12.0 Å². The number of aliphatic hydroxyl groups excluding tert-OH is 1. The Morgan fingerprint density at radius 2 is 1.62 bits per heavy atom. The first-order valence-corrected chi connectivity index (χ1v) is 11.9. The first kappa shape index (κ1) is 22.4. The molecule has 34 heavy (non-hydrogen) atoms. The van der Waals surface area contributed by atoms with Gasteiger partial charge in [-0.05, 0) is 61.7 Å². The van der Waals surface area contributed by atoms with E-state index in [2.05, 4.69) is 85.1 Å². The molecular formula is C27H30N6O. The maximum Gasteiger partial charge on any atom is 0.189 e. The lowest BCUT2D eigenvalue weighted by Gasteiger charge is -2.42. The van der Waals surface area contributed by atoms with Crippen LogP contribution in [0.15, 0.2) is 85.2 Å². The van der Waals surface area contributed by atoms with Gasteiger partial charge in [-0.25, -0.2) is 0 Å². The Hall–Kier alpha value is -3.42. The van der Waals surface area contributed by atoms with Gasteiger partial charge in [0.2, 0.25) is 0 Å². The van der Waals surface area contributed by atoms with Gasteiger partial charge in [-0.1, -0.05) is 71.9 Å². The van der Waals surface area contributed by atoms with Crippen LogP contribution in [0.3, 0.4) is 0 Å². The fraction of sp³-hybridized carbons (Fsp3) is 0.333. The number of rotatable bonds is 8. The van der Waals surface area contributed by atoms with Crippen LogP contribution in [-0.4, -0.2) is 61.9 Å². The highest BCUT2D eigenvalue weighted by molar-refractivity contribution is 5.44. The van der Waals surface area contributed by atoms with Crippen molar-refractivity contribution in [2.75, 3.05) is 26.2 Å². The predicted molar refractivity (Wildman–Crippen MR) is 130 cm³/mol. The van der Waals surface area contributed by atoms with Crippen LogP contribution in [0.1, 0.15) is 41.8 Å². The summed E-state index contributed by atoms with van der Waals surface area (Å²) in [5.74, 6) is 0.651. The Balaban J connectivity index is 1.42. The minimum atomic E-state index is -0.562. The highest BCUT2D eigenvalue weighted by Crippen LogP contribution is 2.41. The number of likely N-dealkylation sites (tertiary alicyclic amines) is 1. The normalized spacial score (nSPS) is 17.8. The predicted octanol–water partition coefficient (Wildman–Crippen LogP) is 3.35. The summed E-state index contributed by atoms with van der Waals surface area (Å²) >= 11 is 0. The lowest BCUT2D eigenvalue weighted by atomic mass is 9.71. The number of pyridine rings is 1. The third-order valence-electron chi connectivity index (χ3n) is 7.45. The summed E-state index contributed by atoms with van der Waals surface area (Å²) in [6.07, 6.45) is 6.35. The molecule has 5 rings (SSSR count). The van der Waals surface area contributed by atoms with Crippen LogP contribution < -0.4 is 0 Å². The Morgan fingerprint density at radius 1 is 0.912 bits per heavy atom. The smallest absolute Gasteiger partial charge is 0.189 e. The van der Waals surface area contributed by atoms with Crippen molar-refractivity contribution in [1.29, 1.82) is 0 Å². The molecule has 2 N–H and O–H groups in total. The summed E-state index contributed by atoms with van der Waals surface area (Å²) in [6, 6.07) is 24.9. The van der Waals surface area contributed by atoms with Crippen molar-refractivity contribution in [3.8, 4) is 0 Å². The van der Waals surface area contributed by atoms with Crippen molar-refractivity contribution in [3.05, 3.63) is 108 Å². The van der Waals surface area contributed by atoms with E-state index in [0.717, 1.165) is 50.0 Å². The maximum atomic E-state index is 10.3. The number of H-pyrrole nitrogens is 1. The van der Waals surface area contributed by atoms with E-state index in [1.165, 1.54) is 5.56 Å². The lowest BCUT2D eigenvalue weighted by molar-refractivity contribution is 0.0981. The number of aromatic amines is 1. The summed E-state index contributed by atoms with van der Waals surface area (Å²) in [5.41, 5.74) is 2.68. The zero-order valence-electron chi connectivity index (χ0n) is 19.2. The number of aromatic nitrogens is 5. The van der Waals surface area contributed by atoms with Gasteiger partial charge in [-0.3, -0.25) is 4.98 Å². The number of aliphatic hydroxyl groups is 1. The van der Waals surface area contributed by atoms with E-state index >= 15 is 0 Å². The highest BCUT2D eigenvalue weighted by atomic mass is 16.3. The maximum absolute atomic E-state index is 10.3. The molecule has 0 aliphatic carbocycles. The van der Waals surface area contributed by atoms with Gasteiger partial charge >= 0.3 is 0 Å². The molecule has 0 saturated carbocycles. The van der Waals surface area contributed by atoms with Crippen molar-refractivity contribution < 1.29 is 5.11 Å². The largest absolute Gasteiger partial charge is 0.395 e. The van der Waals surface area contributed by atoms with E-state index in [1.54, 1.807) is 6.20 Å². The molecule has 2 aromatic heterocycles. The van der Waals surface area contributed by atoms with Gasteiger partial charge in [0.1, 0.15) is 0 Å². The van der Waals surface area contributed by atoms with Gasteiger partial charge in [0, 0.05) is 17.8 Å². The number of piperidine rings is 1. The molecule has 4 aromatic rings. The fourth-order valence-electron chi connectivity index (χ4n) is 5.37. The number of hydrogen-bond donors (Lipinski definition) is 2. The molecule has 1 unspecified atom stereocenters. The molecular weight excluding hydrogens is 424 g/mol. The van der Waals surface area contributed by atoms with Gasteiger partial charge in [-0.2, -0.15) is 5.21 Å². The van der Waals surface area contributed by atoms with E-state index in [4.69, 9.17) is 0 Å². The van der Waals surface area contributed by atoms with E-state index in [0.29, 0.717) is 5.82 Å². The van der Waals surface area contributed by atoms with Crippen LogP contribution in [-0.2, 0) is 10.8 Å². The summed E-state index contributed by atoms with van der Waals surface area (Å²) < 4.78 is 0. The number of nitrogens with zero attached hydrogens (tertiary/aromatic N) is 5. The Kier molecular flexibility index (Phi) is 6.47. The Labute approximate surface area is 199 Å². The van der Waals surface area contributed by atoms with E-state index in [9.17, 15) is 5.11 Å². The Bertz CT molecular complexity index is 1100. The molecule has 1 fully saturated rings. The van der Waals surface area contributed by atoms with Gasteiger partial charge in [0.05, 0.1) is 12.0 Å². The standard InChI is InChI=1S/C27H30N6O/c34-21-26(22-8-3-1-4-9-22)13-17-33(18-14-26)19-15-27(25-29-31-32-30-25,23-10-5-2-6-11-23)24-12-7-16-28-20-24/h1-12,16,20,34H,13-15,17-19,21H2,(H,29,30,31,32). The third kappa shape index (κ3) is 4.13. The van der Waals surface area contributed by atoms with Crippen molar-refractivity contribution >= 4 is 0 Å². The average Bonchev–Trinajstić information content (AvgIpc) is 3.47. The van der Waals surface area contributed by atoms with Crippen LogP contribution in [0, 0.1) is 0 Å². The van der Waals surface area contributed by atoms with E-state index < -0.39 is 5.41 Å². The van der Waals surface area contributed by atoms with Gasteiger partial charge in [0.15, 0.2) is 5.82 Å². The van der Waals surface area contributed by atoms with Crippen LogP contribution in [0.4, 0.5) is 0 Å². The second-order valence-electron chi connectivity index (χ2n) is 9.14. The fourth-order valence-corrected chi connectivity index (χ4v) is 5.37. The zero-order valence-corrected chi connectivity index (χ0v) is 19.2. The molecule has 3 heterocycles. The quantitative estimate of drug-likeness (QED) is 0.424. The lowest BCUT2D eigenvalue weighted by Crippen LogP contribution is -2.46. The topological polar surface area (TPSA) is 90.8 Å². The average molecular weight is 455 g/mol. The number of benzene rings is 2. The molecule has 1 aliphatic heterocycles. The molecule has 0 spiro atoms. The molecule has 7 heteroatoms. The third-order valence-corrected chi connectivity index (χ3v) is 7.45.